The van der Waals surface area contributed by atoms with Gasteiger partial charge in [0.2, 0.25) is 0 Å². The van der Waals surface area contributed by atoms with Crippen molar-refractivity contribution in [1.29, 1.82) is 0 Å². The Balaban J connectivity index is 1.92. The molecule has 0 radical (unpaired) electrons. The van der Waals surface area contributed by atoms with Crippen LogP contribution in [0.25, 0.3) is 11.3 Å². The van der Waals surface area contributed by atoms with Crippen LogP contribution < -0.4 is 0 Å². The molecule has 118 valence electrons. The fraction of sp³-hybridized carbons (Fsp3) is 0.400. The number of fused-ring (bicyclic) bond motifs is 3. The predicted octanol–water partition coefficient (Wildman–Crippen LogP) is 3.83. The number of allylic oxidation sites excluding steroid dienone is 2. The molecule has 0 amide bonds. The van der Waals surface area contributed by atoms with Crippen LogP contribution in [0.5, 0.6) is 0 Å². The quantitative estimate of drug-likeness (QED) is 0.802. The molecule has 0 fully saturated rings. The largest absolute Gasteiger partial charge is 0.295 e. The highest BCUT2D eigenvalue weighted by molar-refractivity contribution is 5.96. The Morgan fingerprint density at radius 2 is 2.00 bits per heavy atom. The van der Waals surface area contributed by atoms with Crippen molar-refractivity contribution in [3.05, 3.63) is 53.2 Å². The number of carbonyl (C=O) groups is 1. The highest BCUT2D eigenvalue weighted by Gasteiger charge is 2.45. The van der Waals surface area contributed by atoms with Gasteiger partial charge in [0.05, 0.1) is 11.4 Å². The van der Waals surface area contributed by atoms with Crippen LogP contribution in [0, 0.1) is 5.92 Å². The third-order valence-electron chi connectivity index (χ3n) is 5.68. The van der Waals surface area contributed by atoms with E-state index in [1.54, 1.807) is 0 Å². The maximum atomic E-state index is 12.1. The van der Waals surface area contributed by atoms with Gasteiger partial charge in [-0.1, -0.05) is 43.3 Å². The number of benzene rings is 1. The van der Waals surface area contributed by atoms with Crippen molar-refractivity contribution >= 4 is 5.78 Å². The lowest BCUT2D eigenvalue weighted by molar-refractivity contribution is -0.117. The first-order valence-corrected chi connectivity index (χ1v) is 8.35. The van der Waals surface area contributed by atoms with Crippen LogP contribution >= 0.6 is 0 Å². The standard InChI is InChI=1S/C20H22N2O/c1-13-12-20(2)15(11-17(13)23)9-10-16-18(22(3)21-19(16)20)14-7-5-4-6-8-14/h4-8,12,15H,9-11H2,1-3H3. The highest BCUT2D eigenvalue weighted by Crippen LogP contribution is 2.49. The molecule has 3 nitrogen and oxygen atoms in total. The molecule has 0 bridgehead atoms. The number of ketones is 1. The molecule has 2 atom stereocenters. The van der Waals surface area contributed by atoms with Gasteiger partial charge in [0.1, 0.15) is 0 Å². The summed E-state index contributed by atoms with van der Waals surface area (Å²) in [7, 11) is 2.03. The van der Waals surface area contributed by atoms with Gasteiger partial charge in [0, 0.05) is 30.0 Å². The summed E-state index contributed by atoms with van der Waals surface area (Å²) in [5.41, 5.74) is 5.75. The minimum atomic E-state index is -0.115. The zero-order chi connectivity index (χ0) is 16.2. The average Bonchev–Trinajstić information content (AvgIpc) is 2.88. The summed E-state index contributed by atoms with van der Waals surface area (Å²) in [4.78, 5) is 12.1. The van der Waals surface area contributed by atoms with Crippen LogP contribution in [0.1, 0.15) is 37.9 Å². The lowest BCUT2D eigenvalue weighted by Crippen LogP contribution is -2.40. The van der Waals surface area contributed by atoms with Crippen LogP contribution in [-0.4, -0.2) is 15.6 Å². The highest BCUT2D eigenvalue weighted by atomic mass is 16.1. The molecule has 3 heteroatoms. The van der Waals surface area contributed by atoms with Crippen molar-refractivity contribution in [1.82, 2.24) is 9.78 Å². The molecule has 23 heavy (non-hydrogen) atoms. The second-order valence-corrected chi connectivity index (χ2v) is 7.14. The number of Topliss-reactive ketones (excluding diaryl/α,β-unsaturated/α-hetero) is 1. The second-order valence-electron chi connectivity index (χ2n) is 7.14. The van der Waals surface area contributed by atoms with Gasteiger partial charge in [0.25, 0.3) is 0 Å². The molecule has 0 saturated carbocycles. The molecule has 2 unspecified atom stereocenters. The maximum Gasteiger partial charge on any atom is 0.158 e. The molecule has 1 aromatic heterocycles. The first-order valence-electron chi connectivity index (χ1n) is 8.35. The summed E-state index contributed by atoms with van der Waals surface area (Å²) in [6.45, 7) is 4.20. The molecule has 0 saturated heterocycles. The molecule has 1 heterocycles. The van der Waals surface area contributed by atoms with Crippen LogP contribution in [0.15, 0.2) is 42.0 Å². The number of hydrogen-bond donors (Lipinski definition) is 0. The van der Waals surface area contributed by atoms with Gasteiger partial charge in [0.15, 0.2) is 5.78 Å². The fourth-order valence-corrected chi connectivity index (χ4v) is 4.42. The van der Waals surface area contributed by atoms with Gasteiger partial charge >= 0.3 is 0 Å². The van der Waals surface area contributed by atoms with E-state index in [0.717, 1.165) is 18.4 Å². The molecule has 2 aliphatic rings. The minimum Gasteiger partial charge on any atom is -0.295 e. The molecular formula is C20H22N2O. The third-order valence-corrected chi connectivity index (χ3v) is 5.68. The first-order chi connectivity index (χ1) is 11.0. The molecule has 0 spiro atoms. The number of aromatic nitrogens is 2. The second kappa shape index (κ2) is 4.92. The van der Waals surface area contributed by atoms with Gasteiger partial charge < -0.3 is 0 Å². The van der Waals surface area contributed by atoms with Crippen LogP contribution in [-0.2, 0) is 23.7 Å². The average molecular weight is 306 g/mol. The smallest absolute Gasteiger partial charge is 0.158 e. The van der Waals surface area contributed by atoms with Crippen molar-refractivity contribution in [3.8, 4) is 11.3 Å². The molecule has 0 N–H and O–H groups in total. The lowest BCUT2D eigenvalue weighted by atomic mass is 9.61. The Morgan fingerprint density at radius 1 is 1.26 bits per heavy atom. The topological polar surface area (TPSA) is 34.9 Å². The van der Waals surface area contributed by atoms with Crippen LogP contribution in [0.2, 0.25) is 0 Å². The summed E-state index contributed by atoms with van der Waals surface area (Å²) >= 11 is 0. The van der Waals surface area contributed by atoms with E-state index in [9.17, 15) is 4.79 Å². The first kappa shape index (κ1) is 14.4. The normalized spacial score (nSPS) is 26.5. The number of nitrogens with zero attached hydrogens (tertiary/aromatic N) is 2. The predicted molar refractivity (Wildman–Crippen MR) is 91.2 cm³/mol. The van der Waals surface area contributed by atoms with Gasteiger partial charge in [-0.3, -0.25) is 9.48 Å². The van der Waals surface area contributed by atoms with E-state index in [1.165, 1.54) is 22.5 Å². The molecule has 2 aromatic rings. The Kier molecular flexibility index (Phi) is 3.09. The van der Waals surface area contributed by atoms with E-state index >= 15 is 0 Å². The van der Waals surface area contributed by atoms with E-state index in [1.807, 2.05) is 24.7 Å². The minimum absolute atomic E-state index is 0.115. The van der Waals surface area contributed by atoms with Crippen molar-refractivity contribution in [2.45, 2.75) is 38.5 Å². The summed E-state index contributed by atoms with van der Waals surface area (Å²) in [5, 5.41) is 4.90. The number of carbonyl (C=O) groups excluding carboxylic acids is 1. The Bertz CT molecular complexity index is 816. The van der Waals surface area contributed by atoms with Crippen LogP contribution in [0.4, 0.5) is 0 Å². The summed E-state index contributed by atoms with van der Waals surface area (Å²) in [5.74, 6) is 0.680. The molecular weight excluding hydrogens is 284 g/mol. The Morgan fingerprint density at radius 3 is 2.74 bits per heavy atom. The molecule has 1 aromatic carbocycles. The Labute approximate surface area is 137 Å². The fourth-order valence-electron chi connectivity index (χ4n) is 4.42. The number of aryl methyl sites for hydroxylation is 1. The maximum absolute atomic E-state index is 12.1. The summed E-state index contributed by atoms with van der Waals surface area (Å²) in [6, 6.07) is 10.5. The third kappa shape index (κ3) is 2.03. The van der Waals surface area contributed by atoms with E-state index in [4.69, 9.17) is 5.10 Å². The molecule has 0 aliphatic heterocycles. The van der Waals surface area contributed by atoms with Gasteiger partial charge in [-0.2, -0.15) is 5.10 Å². The molecule has 4 rings (SSSR count). The van der Waals surface area contributed by atoms with Crippen molar-refractivity contribution in [2.24, 2.45) is 13.0 Å². The van der Waals surface area contributed by atoms with Crippen LogP contribution in [0.3, 0.4) is 0 Å². The SMILES string of the molecule is CC1=CC2(C)c3nn(C)c(-c4ccccc4)c3CCC2CC1=O. The van der Waals surface area contributed by atoms with E-state index in [-0.39, 0.29) is 5.41 Å². The van der Waals surface area contributed by atoms with Crippen molar-refractivity contribution in [2.75, 3.05) is 0 Å². The Hall–Kier alpha value is -2.16. The van der Waals surface area contributed by atoms with E-state index < -0.39 is 0 Å². The van der Waals surface area contributed by atoms with Crippen molar-refractivity contribution in [3.63, 3.8) is 0 Å². The zero-order valence-electron chi connectivity index (χ0n) is 14.0. The van der Waals surface area contributed by atoms with Crippen molar-refractivity contribution < 1.29 is 4.79 Å². The zero-order valence-corrected chi connectivity index (χ0v) is 14.0. The summed E-state index contributed by atoms with van der Waals surface area (Å²) < 4.78 is 2.02. The summed E-state index contributed by atoms with van der Waals surface area (Å²) in [6.07, 6.45) is 4.90. The number of rotatable bonds is 1. The van der Waals surface area contributed by atoms with Gasteiger partial charge in [-0.25, -0.2) is 0 Å². The van der Waals surface area contributed by atoms with E-state index in [0.29, 0.717) is 18.1 Å². The van der Waals surface area contributed by atoms with Gasteiger partial charge in [-0.05, 0) is 31.3 Å². The van der Waals surface area contributed by atoms with E-state index in [2.05, 4.69) is 37.3 Å². The monoisotopic (exact) mass is 306 g/mol. The van der Waals surface area contributed by atoms with Gasteiger partial charge in [-0.15, -0.1) is 0 Å². The molecule has 2 aliphatic carbocycles. The lowest BCUT2D eigenvalue weighted by Gasteiger charge is -2.41. The number of hydrogen-bond acceptors (Lipinski definition) is 2.